The average Bonchev–Trinajstić information content (AvgIpc) is 1.80. The molecule has 0 bridgehead atoms. The summed E-state index contributed by atoms with van der Waals surface area (Å²) in [6.45, 7) is -0.440. The average molecular weight is 129 g/mol. The predicted molar refractivity (Wildman–Crippen MR) is 24.5 cm³/mol. The summed E-state index contributed by atoms with van der Waals surface area (Å²) in [5, 5.41) is 1.68. The first kappa shape index (κ1) is 5.74. The van der Waals surface area contributed by atoms with Crippen molar-refractivity contribution in [2.45, 2.75) is 0 Å². The van der Waals surface area contributed by atoms with Crippen LogP contribution in [0.2, 0.25) is 0 Å². The molecular weight excluding hydrogens is 126 g/mol. The quantitative estimate of drug-likeness (QED) is 0.418. The van der Waals surface area contributed by atoms with Crippen molar-refractivity contribution in [3.63, 3.8) is 0 Å². The molecule has 1 aliphatic rings. The van der Waals surface area contributed by atoms with Gasteiger partial charge in [0.15, 0.2) is 6.61 Å². The van der Waals surface area contributed by atoms with Crippen molar-refractivity contribution >= 4 is 17.8 Å². The molecule has 0 unspecified atom stereocenters. The van der Waals surface area contributed by atoms with Gasteiger partial charge in [0.25, 0.3) is 11.7 Å². The van der Waals surface area contributed by atoms with Crippen molar-refractivity contribution in [3.8, 4) is 0 Å². The molecule has 48 valence electrons. The maximum Gasteiger partial charge on any atom is 0.414 e. The number of cyclic esters (lactones) is 1. The van der Waals surface area contributed by atoms with E-state index in [4.69, 9.17) is 0 Å². The Balaban J connectivity index is 2.64. The monoisotopic (exact) mass is 129 g/mol. The zero-order chi connectivity index (χ0) is 6.85. The highest BCUT2D eigenvalue weighted by atomic mass is 16.6. The number of carbonyl (C=O) groups is 3. The van der Waals surface area contributed by atoms with E-state index in [1.807, 2.05) is 0 Å². The van der Waals surface area contributed by atoms with E-state index in [1.54, 1.807) is 5.32 Å². The first-order valence-electron chi connectivity index (χ1n) is 2.21. The minimum absolute atomic E-state index is 0.440. The van der Waals surface area contributed by atoms with Crippen molar-refractivity contribution in [3.05, 3.63) is 0 Å². The van der Waals surface area contributed by atoms with Crippen molar-refractivity contribution < 1.29 is 19.1 Å². The molecular formula is C4H3NO4. The van der Waals surface area contributed by atoms with Gasteiger partial charge in [0.2, 0.25) is 0 Å². The molecule has 0 aliphatic carbocycles. The summed E-state index contributed by atoms with van der Waals surface area (Å²) in [4.78, 5) is 30.6. The highest BCUT2D eigenvalue weighted by molar-refractivity contribution is 6.40. The molecule has 0 aromatic heterocycles. The van der Waals surface area contributed by atoms with Crippen LogP contribution in [0.5, 0.6) is 0 Å². The topological polar surface area (TPSA) is 72.5 Å². The van der Waals surface area contributed by atoms with Crippen LogP contribution >= 0.6 is 0 Å². The normalized spacial score (nSPS) is 18.9. The fourth-order valence-corrected chi connectivity index (χ4v) is 0.395. The third kappa shape index (κ3) is 1.04. The van der Waals surface area contributed by atoms with Gasteiger partial charge in [-0.05, 0) is 0 Å². The fourth-order valence-electron chi connectivity index (χ4n) is 0.395. The van der Waals surface area contributed by atoms with E-state index in [0.717, 1.165) is 0 Å². The molecule has 0 aromatic rings. The Kier molecular flexibility index (Phi) is 1.18. The molecule has 0 saturated carbocycles. The van der Waals surface area contributed by atoms with Crippen LogP contribution in [0, 0.1) is 0 Å². The lowest BCUT2D eigenvalue weighted by Gasteiger charge is -2.08. The van der Waals surface area contributed by atoms with Crippen LogP contribution in [0.3, 0.4) is 0 Å². The summed E-state index contributed by atoms with van der Waals surface area (Å²) in [6, 6.07) is 0. The highest BCUT2D eigenvalue weighted by Crippen LogP contribution is 1.87. The number of hydrogen-bond donors (Lipinski definition) is 1. The van der Waals surface area contributed by atoms with Crippen molar-refractivity contribution in [1.29, 1.82) is 0 Å². The number of imide groups is 1. The minimum Gasteiger partial charge on any atom is -0.441 e. The lowest BCUT2D eigenvalue weighted by atomic mass is 10.4. The first-order chi connectivity index (χ1) is 4.20. The molecule has 9 heavy (non-hydrogen) atoms. The van der Waals surface area contributed by atoms with Gasteiger partial charge in [-0.1, -0.05) is 0 Å². The molecule has 1 fully saturated rings. The third-order valence-electron chi connectivity index (χ3n) is 0.803. The van der Waals surface area contributed by atoms with Gasteiger partial charge in [-0.2, -0.15) is 0 Å². The Hall–Kier alpha value is -1.39. The van der Waals surface area contributed by atoms with Crippen molar-refractivity contribution in [1.82, 2.24) is 5.32 Å². The van der Waals surface area contributed by atoms with E-state index in [0.29, 0.717) is 0 Å². The van der Waals surface area contributed by atoms with Gasteiger partial charge < -0.3 is 4.74 Å². The molecule has 1 rings (SSSR count). The number of alkyl carbamates (subject to hydrolysis) is 1. The van der Waals surface area contributed by atoms with Gasteiger partial charge in [0, 0.05) is 0 Å². The molecule has 1 N–H and O–H groups in total. The lowest BCUT2D eigenvalue weighted by molar-refractivity contribution is -0.141. The van der Waals surface area contributed by atoms with Crippen molar-refractivity contribution in [2.24, 2.45) is 0 Å². The lowest BCUT2D eigenvalue weighted by Crippen LogP contribution is -2.44. The maximum absolute atomic E-state index is 10.3. The molecule has 5 nitrogen and oxygen atoms in total. The largest absolute Gasteiger partial charge is 0.441 e. The van der Waals surface area contributed by atoms with Gasteiger partial charge in [-0.3, -0.25) is 14.9 Å². The molecule has 0 spiro atoms. The zero-order valence-electron chi connectivity index (χ0n) is 4.34. The van der Waals surface area contributed by atoms with Crippen LogP contribution in [-0.4, -0.2) is 24.4 Å². The second-order valence-corrected chi connectivity index (χ2v) is 1.45. The van der Waals surface area contributed by atoms with E-state index in [9.17, 15) is 14.4 Å². The second kappa shape index (κ2) is 1.85. The van der Waals surface area contributed by atoms with Gasteiger partial charge in [-0.15, -0.1) is 0 Å². The van der Waals surface area contributed by atoms with E-state index < -0.39 is 24.4 Å². The van der Waals surface area contributed by atoms with Crippen LogP contribution in [0.15, 0.2) is 0 Å². The number of nitrogens with one attached hydrogen (secondary N) is 1. The molecule has 1 heterocycles. The zero-order valence-corrected chi connectivity index (χ0v) is 4.34. The van der Waals surface area contributed by atoms with E-state index in [1.165, 1.54) is 0 Å². The summed E-state index contributed by atoms with van der Waals surface area (Å²) < 4.78 is 4.14. The number of Topliss-reactive ketones (excluding diaryl/α,β-unsaturated/α-hetero) is 1. The summed E-state index contributed by atoms with van der Waals surface area (Å²) in [7, 11) is 0. The Morgan fingerprint density at radius 2 is 2.00 bits per heavy atom. The Morgan fingerprint density at radius 3 is 2.44 bits per heavy atom. The van der Waals surface area contributed by atoms with Crippen LogP contribution in [0.25, 0.3) is 0 Å². The Bertz CT molecular complexity index is 185. The predicted octanol–water partition coefficient (Wildman–Crippen LogP) is -1.18. The highest BCUT2D eigenvalue weighted by Gasteiger charge is 2.24. The number of ketones is 1. The van der Waals surface area contributed by atoms with E-state index in [-0.39, 0.29) is 0 Å². The van der Waals surface area contributed by atoms with Crippen LogP contribution < -0.4 is 5.32 Å². The third-order valence-corrected chi connectivity index (χ3v) is 0.803. The number of rotatable bonds is 0. The number of ether oxygens (including phenoxy) is 1. The van der Waals surface area contributed by atoms with E-state index >= 15 is 0 Å². The minimum atomic E-state index is -0.897. The smallest absolute Gasteiger partial charge is 0.414 e. The SMILES string of the molecule is O=C1NC(=O)C(=O)CO1. The molecule has 1 saturated heterocycles. The Labute approximate surface area is 50.0 Å². The molecule has 1 aliphatic heterocycles. The number of hydrogen-bond acceptors (Lipinski definition) is 4. The van der Waals surface area contributed by atoms with Crippen LogP contribution in [-0.2, 0) is 14.3 Å². The van der Waals surface area contributed by atoms with Gasteiger partial charge in [-0.25, -0.2) is 4.79 Å². The van der Waals surface area contributed by atoms with Crippen LogP contribution in [0.1, 0.15) is 0 Å². The van der Waals surface area contributed by atoms with Gasteiger partial charge >= 0.3 is 6.09 Å². The van der Waals surface area contributed by atoms with E-state index in [2.05, 4.69) is 4.74 Å². The molecule has 0 aromatic carbocycles. The van der Waals surface area contributed by atoms with Gasteiger partial charge in [0.1, 0.15) is 0 Å². The fraction of sp³-hybridized carbons (Fsp3) is 0.250. The standard InChI is InChI=1S/C4H3NO4/c6-2-1-9-4(8)5-3(2)7/h1H2,(H,5,7,8). The number of amides is 2. The summed E-state index contributed by atoms with van der Waals surface area (Å²) in [6.07, 6.45) is -0.861. The molecule has 5 heteroatoms. The second-order valence-electron chi connectivity index (χ2n) is 1.45. The molecule has 2 amide bonds. The Morgan fingerprint density at radius 1 is 1.33 bits per heavy atom. The van der Waals surface area contributed by atoms with Crippen molar-refractivity contribution in [2.75, 3.05) is 6.61 Å². The molecule has 0 atom stereocenters. The molecule has 0 radical (unpaired) electrons. The summed E-state index contributed by atoms with van der Waals surface area (Å²) >= 11 is 0. The summed E-state index contributed by atoms with van der Waals surface area (Å²) in [5.74, 6) is -1.62. The van der Waals surface area contributed by atoms with Crippen LogP contribution in [0.4, 0.5) is 4.79 Å². The number of carbonyl (C=O) groups excluding carboxylic acids is 3. The van der Waals surface area contributed by atoms with Gasteiger partial charge in [0.05, 0.1) is 0 Å². The summed E-state index contributed by atoms with van der Waals surface area (Å²) in [5.41, 5.74) is 0. The first-order valence-corrected chi connectivity index (χ1v) is 2.21. The maximum atomic E-state index is 10.3.